The molecule has 0 unspecified atom stereocenters. The molecule has 0 saturated heterocycles. The molecule has 13 heavy (non-hydrogen) atoms. The van der Waals surface area contributed by atoms with Gasteiger partial charge in [0.05, 0.1) is 12.7 Å². The van der Waals surface area contributed by atoms with Crippen LogP contribution in [0.25, 0.3) is 0 Å². The quantitative estimate of drug-likeness (QED) is 0.674. The molecule has 0 radical (unpaired) electrons. The van der Waals surface area contributed by atoms with Crippen LogP contribution in [-0.2, 0) is 4.74 Å². The lowest BCUT2D eigenvalue weighted by Crippen LogP contribution is -2.05. The minimum absolute atomic E-state index is 0.153. The van der Waals surface area contributed by atoms with Gasteiger partial charge in [-0.1, -0.05) is 0 Å². The minimum atomic E-state index is -0.795. The third-order valence-corrected chi connectivity index (χ3v) is 1.64. The highest BCUT2D eigenvalue weighted by Crippen LogP contribution is 2.20. The summed E-state index contributed by atoms with van der Waals surface area (Å²) in [4.78, 5) is 11.0. The lowest BCUT2D eigenvalue weighted by atomic mass is 10.1. The maximum Gasteiger partial charge on any atom is 0.340 e. The van der Waals surface area contributed by atoms with Gasteiger partial charge in [0.15, 0.2) is 0 Å². The molecule has 1 N–H and O–H groups in total. The van der Waals surface area contributed by atoms with Gasteiger partial charge in [-0.05, 0) is 24.6 Å². The molecule has 0 fully saturated rings. The maximum absolute atomic E-state index is 13.2. The van der Waals surface area contributed by atoms with Crippen LogP contribution in [0, 0.1) is 12.7 Å². The molecule has 0 atom stereocenters. The van der Waals surface area contributed by atoms with Crippen molar-refractivity contribution in [3.8, 4) is 5.75 Å². The van der Waals surface area contributed by atoms with Gasteiger partial charge in [-0.15, -0.1) is 0 Å². The number of carbonyl (C=O) groups excluding carboxylic acids is 1. The van der Waals surface area contributed by atoms with Gasteiger partial charge < -0.3 is 9.84 Å². The smallest absolute Gasteiger partial charge is 0.340 e. The fourth-order valence-corrected chi connectivity index (χ4v) is 1.01. The molecule has 0 amide bonds. The number of rotatable bonds is 1. The standard InChI is InChI=1S/C9H9FO3/c1-5-3-6(11)4-7(8(5)10)9(12)13-2/h3-4,11H,1-2H3. The zero-order chi connectivity index (χ0) is 10.0. The van der Waals surface area contributed by atoms with Gasteiger partial charge in [0.2, 0.25) is 0 Å². The van der Waals surface area contributed by atoms with Gasteiger partial charge >= 0.3 is 5.97 Å². The van der Waals surface area contributed by atoms with E-state index < -0.39 is 11.8 Å². The van der Waals surface area contributed by atoms with E-state index in [-0.39, 0.29) is 16.9 Å². The average Bonchev–Trinajstić information content (AvgIpc) is 2.10. The molecule has 0 saturated carbocycles. The topological polar surface area (TPSA) is 46.5 Å². The van der Waals surface area contributed by atoms with Crippen molar-refractivity contribution >= 4 is 5.97 Å². The second-order valence-electron chi connectivity index (χ2n) is 2.62. The molecule has 1 aromatic carbocycles. The Labute approximate surface area is 74.8 Å². The number of phenols is 1. The van der Waals surface area contributed by atoms with Gasteiger partial charge in [-0.2, -0.15) is 0 Å². The van der Waals surface area contributed by atoms with Crippen molar-refractivity contribution in [3.05, 3.63) is 29.1 Å². The van der Waals surface area contributed by atoms with Gasteiger partial charge in [0, 0.05) is 0 Å². The van der Waals surface area contributed by atoms with E-state index >= 15 is 0 Å². The largest absolute Gasteiger partial charge is 0.508 e. The predicted molar refractivity (Wildman–Crippen MR) is 44.1 cm³/mol. The van der Waals surface area contributed by atoms with E-state index in [2.05, 4.69) is 4.74 Å². The van der Waals surface area contributed by atoms with E-state index in [0.29, 0.717) is 0 Å². The summed E-state index contributed by atoms with van der Waals surface area (Å²) in [6.45, 7) is 1.46. The number of ether oxygens (including phenoxy) is 1. The van der Waals surface area contributed by atoms with Crippen molar-refractivity contribution < 1.29 is 19.0 Å². The predicted octanol–water partition coefficient (Wildman–Crippen LogP) is 1.63. The number of benzene rings is 1. The Morgan fingerprint density at radius 1 is 1.54 bits per heavy atom. The molecular formula is C9H9FO3. The van der Waals surface area contributed by atoms with Gasteiger partial charge in [0.25, 0.3) is 0 Å². The number of phenolic OH excluding ortho intramolecular Hbond substituents is 1. The summed E-state index contributed by atoms with van der Waals surface area (Å²) in [7, 11) is 1.15. The molecule has 0 heterocycles. The van der Waals surface area contributed by atoms with E-state index in [1.807, 2.05) is 0 Å². The number of hydrogen-bond donors (Lipinski definition) is 1. The van der Waals surface area contributed by atoms with Crippen molar-refractivity contribution in [2.45, 2.75) is 6.92 Å². The molecule has 0 aliphatic rings. The second kappa shape index (κ2) is 3.43. The van der Waals surface area contributed by atoms with Crippen LogP contribution in [0.4, 0.5) is 4.39 Å². The van der Waals surface area contributed by atoms with Crippen molar-refractivity contribution in [1.82, 2.24) is 0 Å². The van der Waals surface area contributed by atoms with Crippen LogP contribution >= 0.6 is 0 Å². The Morgan fingerprint density at radius 3 is 2.69 bits per heavy atom. The minimum Gasteiger partial charge on any atom is -0.508 e. The monoisotopic (exact) mass is 184 g/mol. The highest BCUT2D eigenvalue weighted by Gasteiger charge is 2.15. The number of halogens is 1. The van der Waals surface area contributed by atoms with Gasteiger partial charge in [-0.3, -0.25) is 0 Å². The molecule has 1 aromatic rings. The maximum atomic E-state index is 13.2. The van der Waals surface area contributed by atoms with Crippen LogP contribution in [0.15, 0.2) is 12.1 Å². The summed E-state index contributed by atoms with van der Waals surface area (Å²) < 4.78 is 17.5. The number of aryl methyl sites for hydroxylation is 1. The highest BCUT2D eigenvalue weighted by molar-refractivity contribution is 5.90. The van der Waals surface area contributed by atoms with Crippen LogP contribution in [0.3, 0.4) is 0 Å². The summed E-state index contributed by atoms with van der Waals surface area (Å²) >= 11 is 0. The number of esters is 1. The third kappa shape index (κ3) is 1.77. The van der Waals surface area contributed by atoms with Gasteiger partial charge in [0.1, 0.15) is 11.6 Å². The molecule has 1 rings (SSSR count). The molecular weight excluding hydrogens is 175 g/mol. The van der Waals surface area contributed by atoms with Crippen LogP contribution in [0.2, 0.25) is 0 Å². The fourth-order valence-electron chi connectivity index (χ4n) is 1.01. The number of methoxy groups -OCH3 is 1. The first-order valence-corrected chi connectivity index (χ1v) is 3.63. The normalized spacial score (nSPS) is 9.77. The van der Waals surface area contributed by atoms with Crippen molar-refractivity contribution in [2.24, 2.45) is 0 Å². The van der Waals surface area contributed by atoms with Crippen LogP contribution in [-0.4, -0.2) is 18.2 Å². The summed E-state index contributed by atoms with van der Waals surface area (Å²) in [6.07, 6.45) is 0. The zero-order valence-electron chi connectivity index (χ0n) is 7.30. The lowest BCUT2D eigenvalue weighted by Gasteiger charge is -2.04. The summed E-state index contributed by atoms with van der Waals surface area (Å²) in [5.74, 6) is -1.61. The molecule has 70 valence electrons. The molecule has 0 aliphatic heterocycles. The average molecular weight is 184 g/mol. The summed E-state index contributed by atoms with van der Waals surface area (Å²) in [5, 5.41) is 9.09. The Morgan fingerprint density at radius 2 is 2.15 bits per heavy atom. The van der Waals surface area contributed by atoms with E-state index in [9.17, 15) is 9.18 Å². The Kier molecular flexibility index (Phi) is 2.51. The third-order valence-electron chi connectivity index (χ3n) is 1.64. The number of carbonyl (C=O) groups is 1. The van der Waals surface area contributed by atoms with E-state index in [1.54, 1.807) is 0 Å². The summed E-state index contributed by atoms with van der Waals surface area (Å²) in [6, 6.07) is 2.27. The summed E-state index contributed by atoms with van der Waals surface area (Å²) in [5.41, 5.74) is -0.0413. The lowest BCUT2D eigenvalue weighted by molar-refractivity contribution is 0.0594. The Balaban J connectivity index is 3.28. The van der Waals surface area contributed by atoms with E-state index in [4.69, 9.17) is 5.11 Å². The second-order valence-corrected chi connectivity index (χ2v) is 2.62. The van der Waals surface area contributed by atoms with Crippen molar-refractivity contribution in [2.75, 3.05) is 7.11 Å². The van der Waals surface area contributed by atoms with Crippen LogP contribution < -0.4 is 0 Å². The molecule has 4 heteroatoms. The molecule has 0 aromatic heterocycles. The highest BCUT2D eigenvalue weighted by atomic mass is 19.1. The van der Waals surface area contributed by atoms with Crippen LogP contribution in [0.5, 0.6) is 5.75 Å². The molecule has 3 nitrogen and oxygen atoms in total. The number of aromatic hydroxyl groups is 1. The first-order valence-electron chi connectivity index (χ1n) is 3.63. The first-order chi connectivity index (χ1) is 6.06. The SMILES string of the molecule is COC(=O)c1cc(O)cc(C)c1F. The fraction of sp³-hybridized carbons (Fsp3) is 0.222. The van der Waals surface area contributed by atoms with Crippen molar-refractivity contribution in [1.29, 1.82) is 0 Å². The van der Waals surface area contributed by atoms with Crippen LogP contribution in [0.1, 0.15) is 15.9 Å². The molecule has 0 spiro atoms. The first kappa shape index (κ1) is 9.51. The number of hydrogen-bond acceptors (Lipinski definition) is 3. The Hall–Kier alpha value is -1.58. The zero-order valence-corrected chi connectivity index (χ0v) is 7.30. The van der Waals surface area contributed by atoms with E-state index in [1.165, 1.54) is 13.0 Å². The van der Waals surface area contributed by atoms with E-state index in [0.717, 1.165) is 13.2 Å². The Bertz CT molecular complexity index is 347. The molecule has 0 aliphatic carbocycles. The molecule has 0 bridgehead atoms. The van der Waals surface area contributed by atoms with Crippen molar-refractivity contribution in [3.63, 3.8) is 0 Å². The van der Waals surface area contributed by atoms with Gasteiger partial charge in [-0.25, -0.2) is 9.18 Å².